The maximum atomic E-state index is 12.1. The van der Waals surface area contributed by atoms with E-state index in [1.54, 1.807) is 12.1 Å². The number of pyridine rings is 1. The lowest BCUT2D eigenvalue weighted by atomic mass is 10.0. The van der Waals surface area contributed by atoms with Crippen LogP contribution in [0.4, 0.5) is 0 Å². The van der Waals surface area contributed by atoms with Gasteiger partial charge in [-0.15, -0.1) is 0 Å². The quantitative estimate of drug-likeness (QED) is 0.567. The molecule has 1 aromatic heterocycles. The van der Waals surface area contributed by atoms with Gasteiger partial charge in [-0.1, -0.05) is 29.3 Å². The van der Waals surface area contributed by atoms with Crippen LogP contribution in [0, 0.1) is 13.8 Å². The number of benzene rings is 2. The number of hydrogen-bond acceptors (Lipinski definition) is 4. The van der Waals surface area contributed by atoms with Crippen molar-refractivity contribution >= 4 is 34.4 Å². The van der Waals surface area contributed by atoms with Gasteiger partial charge in [0.2, 0.25) is 0 Å². The first-order valence-electron chi connectivity index (χ1n) is 8.94. The van der Waals surface area contributed by atoms with Crippen LogP contribution in [0.1, 0.15) is 30.7 Å². The van der Waals surface area contributed by atoms with Crippen LogP contribution >= 0.6 is 11.6 Å². The molecular weight excluding hydrogens is 374 g/mol. The van der Waals surface area contributed by atoms with Crippen LogP contribution in [0.5, 0.6) is 11.5 Å². The summed E-state index contributed by atoms with van der Waals surface area (Å²) >= 11 is 6.19. The van der Waals surface area contributed by atoms with Crippen molar-refractivity contribution in [2.24, 2.45) is 0 Å². The highest BCUT2D eigenvalue weighted by molar-refractivity contribution is 6.31. The van der Waals surface area contributed by atoms with Crippen molar-refractivity contribution in [2.45, 2.75) is 33.3 Å². The monoisotopic (exact) mass is 395 g/mol. The molecule has 0 amide bonds. The number of nitrogens with zero attached hydrogens (tertiary/aromatic N) is 1. The third-order valence-corrected chi connectivity index (χ3v) is 4.64. The van der Waals surface area contributed by atoms with Crippen molar-refractivity contribution in [2.75, 3.05) is 0 Å². The maximum Gasteiger partial charge on any atom is 0.186 e. The minimum atomic E-state index is -1.43. The molecule has 0 aliphatic heterocycles. The second-order valence-corrected chi connectivity index (χ2v) is 7.72. The number of rotatable bonds is 5. The van der Waals surface area contributed by atoms with Gasteiger partial charge in [0.05, 0.1) is 11.2 Å². The van der Waals surface area contributed by atoms with E-state index in [0.717, 1.165) is 16.5 Å². The standard InChI is InChI=1S/C23H22ClNO3/c1-14-5-8-17(9-6-14)28-22-15(2)19(11-12-21(26)23(3,4)27)25-20-10-7-16(24)13-18(20)22/h5-13,27H,1-4H3. The van der Waals surface area contributed by atoms with E-state index >= 15 is 0 Å². The number of aryl methyl sites for hydroxylation is 1. The number of ether oxygens (including phenoxy) is 1. The molecule has 2 aromatic carbocycles. The minimum Gasteiger partial charge on any atom is -0.456 e. The van der Waals surface area contributed by atoms with Gasteiger partial charge < -0.3 is 9.84 Å². The Kier molecular flexibility index (Phi) is 5.54. The van der Waals surface area contributed by atoms with Crippen LogP contribution in [0.25, 0.3) is 17.0 Å². The molecule has 0 saturated carbocycles. The number of carbonyl (C=O) groups is 1. The largest absolute Gasteiger partial charge is 0.456 e. The normalized spacial score (nSPS) is 11.9. The lowest BCUT2D eigenvalue weighted by molar-refractivity contribution is -0.128. The van der Waals surface area contributed by atoms with Crippen molar-refractivity contribution in [3.8, 4) is 11.5 Å². The maximum absolute atomic E-state index is 12.1. The summed E-state index contributed by atoms with van der Waals surface area (Å²) in [4.78, 5) is 16.7. The number of ketones is 1. The molecule has 3 aromatic rings. The molecule has 1 heterocycles. The number of hydrogen-bond donors (Lipinski definition) is 1. The zero-order valence-corrected chi connectivity index (χ0v) is 17.0. The summed E-state index contributed by atoms with van der Waals surface area (Å²) in [5.41, 5.74) is 1.77. The number of aliphatic hydroxyl groups is 1. The smallest absolute Gasteiger partial charge is 0.186 e. The molecule has 4 nitrogen and oxygen atoms in total. The highest BCUT2D eigenvalue weighted by atomic mass is 35.5. The summed E-state index contributed by atoms with van der Waals surface area (Å²) in [6.45, 7) is 6.80. The van der Waals surface area contributed by atoms with Gasteiger partial charge in [-0.05, 0) is 70.2 Å². The summed E-state index contributed by atoms with van der Waals surface area (Å²) < 4.78 is 6.18. The lowest BCUT2D eigenvalue weighted by Crippen LogP contribution is -2.29. The summed E-state index contributed by atoms with van der Waals surface area (Å²) in [5, 5.41) is 11.2. The first kappa shape index (κ1) is 20.1. The molecular formula is C23H22ClNO3. The fraction of sp³-hybridized carbons (Fsp3) is 0.217. The van der Waals surface area contributed by atoms with E-state index in [0.29, 0.717) is 27.7 Å². The molecule has 0 aliphatic rings. The topological polar surface area (TPSA) is 59.4 Å². The summed E-state index contributed by atoms with van der Waals surface area (Å²) in [7, 11) is 0. The van der Waals surface area contributed by atoms with Crippen LogP contribution < -0.4 is 4.74 Å². The molecule has 144 valence electrons. The van der Waals surface area contributed by atoms with E-state index in [1.807, 2.05) is 50.2 Å². The Hall–Kier alpha value is -2.69. The van der Waals surface area contributed by atoms with Gasteiger partial charge in [0.1, 0.15) is 17.1 Å². The van der Waals surface area contributed by atoms with E-state index in [4.69, 9.17) is 16.3 Å². The van der Waals surface area contributed by atoms with Crippen molar-refractivity contribution < 1.29 is 14.6 Å². The van der Waals surface area contributed by atoms with Crippen molar-refractivity contribution in [1.29, 1.82) is 0 Å². The number of carbonyl (C=O) groups excluding carboxylic acids is 1. The average Bonchev–Trinajstić information content (AvgIpc) is 2.63. The summed E-state index contributed by atoms with van der Waals surface area (Å²) in [6.07, 6.45) is 2.94. The number of fused-ring (bicyclic) bond motifs is 1. The van der Waals surface area contributed by atoms with E-state index in [2.05, 4.69) is 4.98 Å². The fourth-order valence-corrected chi connectivity index (χ4v) is 2.87. The highest BCUT2D eigenvalue weighted by Crippen LogP contribution is 2.36. The Morgan fingerprint density at radius 3 is 2.46 bits per heavy atom. The minimum absolute atomic E-state index is 0.397. The van der Waals surface area contributed by atoms with Crippen LogP contribution in [-0.2, 0) is 4.79 Å². The molecule has 0 radical (unpaired) electrons. The number of halogens is 1. The molecule has 0 fully saturated rings. The Balaban J connectivity index is 2.12. The third-order valence-electron chi connectivity index (χ3n) is 4.41. The molecule has 0 unspecified atom stereocenters. The molecule has 0 spiro atoms. The molecule has 28 heavy (non-hydrogen) atoms. The van der Waals surface area contributed by atoms with E-state index < -0.39 is 11.4 Å². The molecule has 3 rings (SSSR count). The van der Waals surface area contributed by atoms with Crippen molar-refractivity contribution in [3.63, 3.8) is 0 Å². The van der Waals surface area contributed by atoms with Gasteiger partial charge in [-0.25, -0.2) is 4.98 Å². The molecule has 0 bridgehead atoms. The zero-order chi connectivity index (χ0) is 20.5. The van der Waals surface area contributed by atoms with E-state index in [-0.39, 0.29) is 0 Å². The van der Waals surface area contributed by atoms with Gasteiger partial charge in [0, 0.05) is 16.0 Å². The van der Waals surface area contributed by atoms with E-state index in [1.165, 1.54) is 19.9 Å². The highest BCUT2D eigenvalue weighted by Gasteiger charge is 2.21. The molecule has 0 saturated heterocycles. The van der Waals surface area contributed by atoms with E-state index in [9.17, 15) is 9.90 Å². The second kappa shape index (κ2) is 7.74. The first-order chi connectivity index (χ1) is 13.1. The molecule has 0 atom stereocenters. The summed E-state index contributed by atoms with van der Waals surface area (Å²) in [6, 6.07) is 13.1. The van der Waals surface area contributed by atoms with Crippen LogP contribution in [0.3, 0.4) is 0 Å². The predicted octanol–water partition coefficient (Wildman–Crippen LogP) is 5.65. The Morgan fingerprint density at radius 2 is 1.82 bits per heavy atom. The first-order valence-corrected chi connectivity index (χ1v) is 9.32. The Bertz CT molecular complexity index is 1060. The van der Waals surface area contributed by atoms with Gasteiger partial charge in [-0.3, -0.25) is 4.79 Å². The summed E-state index contributed by atoms with van der Waals surface area (Å²) in [5.74, 6) is 0.932. The molecule has 1 N–H and O–H groups in total. The number of aromatic nitrogens is 1. The SMILES string of the molecule is Cc1ccc(Oc2c(C)c(C=CC(=O)C(C)(C)O)nc3ccc(Cl)cc23)cc1. The van der Waals surface area contributed by atoms with Crippen molar-refractivity contribution in [1.82, 2.24) is 4.98 Å². The van der Waals surface area contributed by atoms with Crippen molar-refractivity contribution in [3.05, 3.63) is 70.4 Å². The van der Waals surface area contributed by atoms with Gasteiger partial charge in [-0.2, -0.15) is 0 Å². The Morgan fingerprint density at radius 1 is 1.14 bits per heavy atom. The zero-order valence-electron chi connectivity index (χ0n) is 16.3. The van der Waals surface area contributed by atoms with Gasteiger partial charge >= 0.3 is 0 Å². The average molecular weight is 396 g/mol. The van der Waals surface area contributed by atoms with Gasteiger partial charge in [0.15, 0.2) is 5.78 Å². The molecule has 0 aliphatic carbocycles. The lowest BCUT2D eigenvalue weighted by Gasteiger charge is -2.15. The fourth-order valence-electron chi connectivity index (χ4n) is 2.70. The van der Waals surface area contributed by atoms with Crippen LogP contribution in [0.15, 0.2) is 48.5 Å². The van der Waals surface area contributed by atoms with Crippen LogP contribution in [-0.4, -0.2) is 21.5 Å². The second-order valence-electron chi connectivity index (χ2n) is 7.28. The predicted molar refractivity (Wildman–Crippen MR) is 113 cm³/mol. The Labute approximate surface area is 169 Å². The third kappa shape index (κ3) is 4.41. The molecule has 5 heteroatoms. The van der Waals surface area contributed by atoms with Gasteiger partial charge in [0.25, 0.3) is 0 Å². The van der Waals surface area contributed by atoms with Crippen LogP contribution in [0.2, 0.25) is 5.02 Å².